The monoisotopic (exact) mass is 195 g/mol. The van der Waals surface area contributed by atoms with E-state index in [0.717, 1.165) is 13.0 Å². The van der Waals surface area contributed by atoms with Crippen LogP contribution in [-0.4, -0.2) is 22.5 Å². The molecule has 0 aromatic rings. The first kappa shape index (κ1) is 11.8. The van der Waals surface area contributed by atoms with Crippen molar-refractivity contribution in [1.29, 1.82) is 0 Å². The van der Waals surface area contributed by atoms with E-state index in [0.29, 0.717) is 11.1 Å². The molecule has 0 aromatic carbocycles. The fraction of sp³-hybridized carbons (Fsp3) is 0.846. The fourth-order valence-corrected chi connectivity index (χ4v) is 2.87. The van der Waals surface area contributed by atoms with Crippen molar-refractivity contribution in [3.63, 3.8) is 0 Å². The number of piperidine rings is 1. The first-order valence-corrected chi connectivity index (χ1v) is 5.79. The van der Waals surface area contributed by atoms with Crippen molar-refractivity contribution in [3.8, 4) is 0 Å². The maximum Gasteiger partial charge on any atom is 0.0158 e. The van der Waals surface area contributed by atoms with Gasteiger partial charge >= 0.3 is 0 Å². The van der Waals surface area contributed by atoms with Gasteiger partial charge in [-0.15, -0.1) is 6.58 Å². The van der Waals surface area contributed by atoms with Crippen LogP contribution < -0.4 is 0 Å². The number of likely N-dealkylation sites (tertiary alicyclic amines) is 1. The van der Waals surface area contributed by atoms with Gasteiger partial charge in [0.15, 0.2) is 0 Å². The summed E-state index contributed by atoms with van der Waals surface area (Å²) >= 11 is 0. The second-order valence-electron chi connectivity index (χ2n) is 5.71. The zero-order valence-electron chi connectivity index (χ0n) is 10.3. The Hall–Kier alpha value is -0.300. The minimum atomic E-state index is 0.366. The number of nitrogens with zero attached hydrogens (tertiary/aromatic N) is 1. The molecule has 1 rings (SSSR count). The van der Waals surface area contributed by atoms with E-state index in [1.807, 2.05) is 6.08 Å². The van der Waals surface area contributed by atoms with Gasteiger partial charge in [-0.05, 0) is 53.4 Å². The zero-order chi connectivity index (χ0) is 10.8. The summed E-state index contributed by atoms with van der Waals surface area (Å²) in [5.74, 6) is 0. The normalized spacial score (nSPS) is 26.0. The van der Waals surface area contributed by atoms with Crippen molar-refractivity contribution >= 4 is 0 Å². The smallest absolute Gasteiger partial charge is 0.0158 e. The van der Waals surface area contributed by atoms with Crippen molar-refractivity contribution in [2.75, 3.05) is 6.54 Å². The first-order chi connectivity index (χ1) is 6.40. The maximum atomic E-state index is 3.81. The molecule has 1 fully saturated rings. The van der Waals surface area contributed by atoms with Crippen LogP contribution in [0.5, 0.6) is 0 Å². The van der Waals surface area contributed by atoms with Gasteiger partial charge < -0.3 is 0 Å². The summed E-state index contributed by atoms with van der Waals surface area (Å²) in [5, 5.41) is 0. The number of rotatable bonds is 3. The predicted octanol–water partition coefficient (Wildman–Crippen LogP) is 3.61. The molecule has 0 saturated carbocycles. The lowest BCUT2D eigenvalue weighted by molar-refractivity contribution is -0.0249. The van der Waals surface area contributed by atoms with E-state index in [-0.39, 0.29) is 0 Å². The third-order valence-corrected chi connectivity index (χ3v) is 3.60. The molecule has 0 N–H and O–H groups in total. The fourth-order valence-electron chi connectivity index (χ4n) is 2.87. The van der Waals surface area contributed by atoms with Gasteiger partial charge in [-0.3, -0.25) is 4.90 Å². The molecule has 1 heterocycles. The average molecular weight is 195 g/mol. The highest BCUT2D eigenvalue weighted by atomic mass is 15.3. The summed E-state index contributed by atoms with van der Waals surface area (Å²) in [6.45, 7) is 14.5. The molecule has 0 aromatic heterocycles. The average Bonchev–Trinajstić information content (AvgIpc) is 2.01. The van der Waals surface area contributed by atoms with E-state index in [2.05, 4.69) is 39.2 Å². The Morgan fingerprint density at radius 3 is 2.07 bits per heavy atom. The molecule has 0 amide bonds. The van der Waals surface area contributed by atoms with Crippen molar-refractivity contribution in [1.82, 2.24) is 4.90 Å². The Morgan fingerprint density at radius 2 is 1.64 bits per heavy atom. The highest BCUT2D eigenvalue weighted by molar-refractivity contribution is 4.97. The Bertz CT molecular complexity index is 187. The van der Waals surface area contributed by atoms with Crippen LogP contribution in [0, 0.1) is 0 Å². The van der Waals surface area contributed by atoms with Crippen LogP contribution in [0.1, 0.15) is 53.4 Å². The van der Waals surface area contributed by atoms with Gasteiger partial charge in [0.05, 0.1) is 0 Å². The highest BCUT2D eigenvalue weighted by Gasteiger charge is 2.40. The molecule has 1 aliphatic heterocycles. The topological polar surface area (TPSA) is 3.24 Å². The Kier molecular flexibility index (Phi) is 3.41. The summed E-state index contributed by atoms with van der Waals surface area (Å²) in [7, 11) is 0. The summed E-state index contributed by atoms with van der Waals surface area (Å²) in [6, 6.07) is 0. The largest absolute Gasteiger partial charge is 0.293 e. The lowest BCUT2D eigenvalue weighted by Crippen LogP contribution is -2.58. The summed E-state index contributed by atoms with van der Waals surface area (Å²) in [5.41, 5.74) is 0.732. The molecular weight excluding hydrogens is 170 g/mol. The van der Waals surface area contributed by atoms with Crippen LogP contribution in [0.15, 0.2) is 12.7 Å². The summed E-state index contributed by atoms with van der Waals surface area (Å²) in [4.78, 5) is 2.66. The van der Waals surface area contributed by atoms with Crippen molar-refractivity contribution < 1.29 is 0 Å². The standard InChI is InChI=1S/C13H25N/c1-6-7-11-14-12(2,3)9-8-10-13(14,4)5/h6H,1,7-11H2,2-5H3. The zero-order valence-corrected chi connectivity index (χ0v) is 10.3. The second-order valence-corrected chi connectivity index (χ2v) is 5.71. The van der Waals surface area contributed by atoms with Gasteiger partial charge in [0.1, 0.15) is 0 Å². The van der Waals surface area contributed by atoms with Gasteiger partial charge in [0.25, 0.3) is 0 Å². The van der Waals surface area contributed by atoms with Crippen molar-refractivity contribution in [3.05, 3.63) is 12.7 Å². The highest BCUT2D eigenvalue weighted by Crippen LogP contribution is 2.37. The molecule has 1 nitrogen and oxygen atoms in total. The quantitative estimate of drug-likeness (QED) is 0.622. The van der Waals surface area contributed by atoms with Crippen LogP contribution in [0.2, 0.25) is 0 Å². The van der Waals surface area contributed by atoms with Crippen molar-refractivity contribution in [2.24, 2.45) is 0 Å². The predicted molar refractivity (Wildman–Crippen MR) is 63.5 cm³/mol. The molecule has 1 aliphatic rings. The molecule has 0 bridgehead atoms. The summed E-state index contributed by atoms with van der Waals surface area (Å²) < 4.78 is 0. The number of hydrogen-bond acceptors (Lipinski definition) is 1. The third kappa shape index (κ3) is 2.38. The van der Waals surface area contributed by atoms with Crippen LogP contribution >= 0.6 is 0 Å². The summed E-state index contributed by atoms with van der Waals surface area (Å²) in [6.07, 6.45) is 7.15. The van der Waals surface area contributed by atoms with Crippen LogP contribution in [0.3, 0.4) is 0 Å². The maximum absolute atomic E-state index is 3.81. The lowest BCUT2D eigenvalue weighted by Gasteiger charge is -2.53. The molecule has 82 valence electrons. The molecule has 0 radical (unpaired) electrons. The van der Waals surface area contributed by atoms with E-state index in [9.17, 15) is 0 Å². The van der Waals surface area contributed by atoms with Crippen LogP contribution in [0.4, 0.5) is 0 Å². The minimum absolute atomic E-state index is 0.366. The molecule has 1 saturated heterocycles. The minimum Gasteiger partial charge on any atom is -0.293 e. The van der Waals surface area contributed by atoms with Gasteiger partial charge in [-0.25, -0.2) is 0 Å². The second kappa shape index (κ2) is 4.06. The van der Waals surface area contributed by atoms with E-state index >= 15 is 0 Å². The van der Waals surface area contributed by atoms with Crippen LogP contribution in [0.25, 0.3) is 0 Å². The molecule has 14 heavy (non-hydrogen) atoms. The van der Waals surface area contributed by atoms with E-state index in [1.54, 1.807) is 0 Å². The number of hydrogen-bond donors (Lipinski definition) is 0. The van der Waals surface area contributed by atoms with E-state index < -0.39 is 0 Å². The molecule has 0 spiro atoms. The van der Waals surface area contributed by atoms with Crippen molar-refractivity contribution in [2.45, 2.75) is 64.5 Å². The third-order valence-electron chi connectivity index (χ3n) is 3.60. The SMILES string of the molecule is C=CCCN1C(C)(C)CCCC1(C)C. The van der Waals surface area contributed by atoms with Gasteiger partial charge in [-0.2, -0.15) is 0 Å². The molecule has 0 atom stereocenters. The molecule has 1 heteroatoms. The van der Waals surface area contributed by atoms with Gasteiger partial charge in [0, 0.05) is 17.6 Å². The van der Waals surface area contributed by atoms with Crippen LogP contribution in [-0.2, 0) is 0 Å². The molecular formula is C13H25N. The Morgan fingerprint density at radius 1 is 1.14 bits per heavy atom. The Labute approximate surface area is 89.2 Å². The van der Waals surface area contributed by atoms with E-state index in [1.165, 1.54) is 19.3 Å². The van der Waals surface area contributed by atoms with E-state index in [4.69, 9.17) is 0 Å². The lowest BCUT2D eigenvalue weighted by atomic mass is 9.80. The molecule has 0 aliphatic carbocycles. The Balaban J connectivity index is 2.74. The molecule has 0 unspecified atom stereocenters. The van der Waals surface area contributed by atoms with Gasteiger partial charge in [-0.1, -0.05) is 6.08 Å². The van der Waals surface area contributed by atoms with Gasteiger partial charge in [0.2, 0.25) is 0 Å². The first-order valence-electron chi connectivity index (χ1n) is 5.79.